The molecule has 1 N–H and O–H groups in total. The van der Waals surface area contributed by atoms with Crippen molar-refractivity contribution in [1.82, 2.24) is 0 Å². The molecule has 0 spiro atoms. The van der Waals surface area contributed by atoms with Gasteiger partial charge in [-0.2, -0.15) is 0 Å². The lowest BCUT2D eigenvalue weighted by molar-refractivity contribution is 0.0256. The van der Waals surface area contributed by atoms with E-state index in [9.17, 15) is 9.50 Å². The second kappa shape index (κ2) is 5.67. The lowest BCUT2D eigenvalue weighted by Gasteiger charge is -2.16. The summed E-state index contributed by atoms with van der Waals surface area (Å²) in [5, 5.41) is 9.60. The fourth-order valence-electron chi connectivity index (χ4n) is 2.17. The van der Waals surface area contributed by atoms with Gasteiger partial charge in [-0.1, -0.05) is 0 Å². The second-order valence-corrected chi connectivity index (χ2v) is 4.82. The molecule has 3 unspecified atom stereocenters. The van der Waals surface area contributed by atoms with E-state index in [-0.39, 0.29) is 18.0 Å². The molecule has 3 atom stereocenters. The van der Waals surface area contributed by atoms with Gasteiger partial charge in [0.2, 0.25) is 0 Å². The quantitative estimate of drug-likeness (QED) is 0.898. The normalized spacial score (nSPS) is 25.1. The molecule has 1 heterocycles. The summed E-state index contributed by atoms with van der Waals surface area (Å²) in [6.45, 7) is 4.06. The molecule has 3 nitrogen and oxygen atoms in total. The van der Waals surface area contributed by atoms with E-state index in [1.807, 2.05) is 6.92 Å². The maximum atomic E-state index is 13.2. The number of aliphatic hydroxyl groups excluding tert-OH is 1. The van der Waals surface area contributed by atoms with Crippen molar-refractivity contribution in [3.63, 3.8) is 0 Å². The van der Waals surface area contributed by atoms with E-state index in [1.54, 1.807) is 13.0 Å². The van der Waals surface area contributed by atoms with Crippen LogP contribution < -0.4 is 4.74 Å². The van der Waals surface area contributed by atoms with Crippen LogP contribution in [0.2, 0.25) is 0 Å². The molecule has 0 radical (unpaired) electrons. The number of rotatable bonds is 4. The molecule has 18 heavy (non-hydrogen) atoms. The van der Waals surface area contributed by atoms with Gasteiger partial charge in [-0.05, 0) is 38.8 Å². The smallest absolute Gasteiger partial charge is 0.128 e. The molecule has 100 valence electrons. The highest BCUT2D eigenvalue weighted by molar-refractivity contribution is 5.35. The molecule has 1 aliphatic heterocycles. The molecule has 1 aromatic rings. The van der Waals surface area contributed by atoms with Gasteiger partial charge in [0.15, 0.2) is 0 Å². The van der Waals surface area contributed by atoms with Gasteiger partial charge in [-0.25, -0.2) is 4.39 Å². The summed E-state index contributed by atoms with van der Waals surface area (Å²) in [7, 11) is 0. The Morgan fingerprint density at radius 3 is 2.89 bits per heavy atom. The Morgan fingerprint density at radius 2 is 2.28 bits per heavy atom. The van der Waals surface area contributed by atoms with Crippen LogP contribution in [0.3, 0.4) is 0 Å². The number of hydrogen-bond acceptors (Lipinski definition) is 3. The van der Waals surface area contributed by atoms with Gasteiger partial charge >= 0.3 is 0 Å². The Morgan fingerprint density at radius 1 is 1.50 bits per heavy atom. The third-order valence-electron chi connectivity index (χ3n) is 3.17. The highest BCUT2D eigenvalue weighted by atomic mass is 19.1. The van der Waals surface area contributed by atoms with Crippen LogP contribution in [-0.2, 0) is 4.74 Å². The summed E-state index contributed by atoms with van der Waals surface area (Å²) in [4.78, 5) is 0. The number of ether oxygens (including phenoxy) is 2. The molecule has 4 heteroatoms. The first-order valence-electron chi connectivity index (χ1n) is 6.32. The standard InChI is InChI=1S/C14H19FO3/c1-9-3-5-12(18-9)8-17-14-7-11(15)4-6-13(14)10(2)16/h4,6-7,9-10,12,16H,3,5,8H2,1-2H3. The average Bonchev–Trinajstić information content (AvgIpc) is 2.72. The van der Waals surface area contributed by atoms with Gasteiger partial charge in [0, 0.05) is 11.6 Å². The largest absolute Gasteiger partial charge is 0.490 e. The minimum absolute atomic E-state index is 0.0603. The van der Waals surface area contributed by atoms with E-state index in [4.69, 9.17) is 9.47 Å². The molecular formula is C14H19FO3. The van der Waals surface area contributed by atoms with E-state index < -0.39 is 6.10 Å². The molecule has 2 rings (SSSR count). The Kier molecular flexibility index (Phi) is 4.19. The predicted octanol–water partition coefficient (Wildman–Crippen LogP) is 2.83. The second-order valence-electron chi connectivity index (χ2n) is 4.82. The Balaban J connectivity index is 2.01. The maximum Gasteiger partial charge on any atom is 0.128 e. The van der Waals surface area contributed by atoms with Gasteiger partial charge < -0.3 is 14.6 Å². The van der Waals surface area contributed by atoms with Crippen LogP contribution in [0.1, 0.15) is 38.4 Å². The van der Waals surface area contributed by atoms with Crippen LogP contribution in [-0.4, -0.2) is 23.9 Å². The molecule has 0 aliphatic carbocycles. The monoisotopic (exact) mass is 254 g/mol. The lowest BCUT2D eigenvalue weighted by Crippen LogP contribution is -2.18. The fourth-order valence-corrected chi connectivity index (χ4v) is 2.17. The van der Waals surface area contributed by atoms with Crippen LogP contribution in [0.5, 0.6) is 5.75 Å². The number of hydrogen-bond donors (Lipinski definition) is 1. The molecule has 1 fully saturated rings. The summed E-state index contributed by atoms with van der Waals surface area (Å²) in [5.41, 5.74) is 0.599. The Bertz CT molecular complexity index is 406. The molecule has 0 bridgehead atoms. The zero-order valence-electron chi connectivity index (χ0n) is 10.7. The van der Waals surface area contributed by atoms with Gasteiger partial charge in [-0.3, -0.25) is 0 Å². The summed E-state index contributed by atoms with van der Waals surface area (Å²) in [6.07, 6.45) is 1.64. The minimum Gasteiger partial charge on any atom is -0.490 e. The third-order valence-corrected chi connectivity index (χ3v) is 3.17. The first-order valence-corrected chi connectivity index (χ1v) is 6.32. The number of aliphatic hydroxyl groups is 1. The van der Waals surface area contributed by atoms with Crippen molar-refractivity contribution in [2.24, 2.45) is 0 Å². The summed E-state index contributed by atoms with van der Waals surface area (Å²) >= 11 is 0. The topological polar surface area (TPSA) is 38.7 Å². The van der Waals surface area contributed by atoms with E-state index in [1.165, 1.54) is 12.1 Å². The first kappa shape index (κ1) is 13.3. The SMILES string of the molecule is CC1CCC(COc2cc(F)ccc2C(C)O)O1. The van der Waals surface area contributed by atoms with Gasteiger partial charge in [0.05, 0.1) is 18.3 Å². The van der Waals surface area contributed by atoms with Crippen LogP contribution in [0.15, 0.2) is 18.2 Å². The Labute approximate surface area is 107 Å². The van der Waals surface area contributed by atoms with Crippen molar-refractivity contribution in [2.75, 3.05) is 6.61 Å². The summed E-state index contributed by atoms with van der Waals surface area (Å²) in [5.74, 6) is 0.0308. The predicted molar refractivity (Wildman–Crippen MR) is 66.1 cm³/mol. The van der Waals surface area contributed by atoms with Crippen molar-refractivity contribution in [3.8, 4) is 5.75 Å². The van der Waals surface area contributed by atoms with Crippen molar-refractivity contribution in [2.45, 2.75) is 45.0 Å². The first-order chi connectivity index (χ1) is 8.56. The average molecular weight is 254 g/mol. The number of benzene rings is 1. The van der Waals surface area contributed by atoms with Gasteiger partial charge in [0.1, 0.15) is 18.2 Å². The van der Waals surface area contributed by atoms with E-state index in [0.717, 1.165) is 12.8 Å². The molecule has 1 aliphatic rings. The van der Waals surface area contributed by atoms with Gasteiger partial charge in [0.25, 0.3) is 0 Å². The fraction of sp³-hybridized carbons (Fsp3) is 0.571. The van der Waals surface area contributed by atoms with Crippen molar-refractivity contribution in [3.05, 3.63) is 29.6 Å². The zero-order chi connectivity index (χ0) is 13.1. The van der Waals surface area contributed by atoms with Crippen molar-refractivity contribution < 1.29 is 19.0 Å². The molecule has 0 amide bonds. The van der Waals surface area contributed by atoms with Crippen LogP contribution >= 0.6 is 0 Å². The lowest BCUT2D eigenvalue weighted by atomic mass is 10.1. The third kappa shape index (κ3) is 3.21. The maximum absolute atomic E-state index is 13.2. The van der Waals surface area contributed by atoms with Crippen LogP contribution in [0.4, 0.5) is 4.39 Å². The van der Waals surface area contributed by atoms with E-state index in [0.29, 0.717) is 17.9 Å². The molecule has 0 saturated carbocycles. The summed E-state index contributed by atoms with van der Waals surface area (Å²) in [6, 6.07) is 4.18. The van der Waals surface area contributed by atoms with Crippen molar-refractivity contribution >= 4 is 0 Å². The molecule has 1 saturated heterocycles. The van der Waals surface area contributed by atoms with E-state index in [2.05, 4.69) is 0 Å². The molecule has 1 aromatic carbocycles. The summed E-state index contributed by atoms with van der Waals surface area (Å²) < 4.78 is 24.4. The van der Waals surface area contributed by atoms with Gasteiger partial charge in [-0.15, -0.1) is 0 Å². The zero-order valence-corrected chi connectivity index (χ0v) is 10.7. The minimum atomic E-state index is -0.677. The molecule has 0 aromatic heterocycles. The Hall–Kier alpha value is -1.13. The van der Waals surface area contributed by atoms with E-state index >= 15 is 0 Å². The van der Waals surface area contributed by atoms with Crippen LogP contribution in [0.25, 0.3) is 0 Å². The molecular weight excluding hydrogens is 235 g/mol. The highest BCUT2D eigenvalue weighted by Gasteiger charge is 2.22. The van der Waals surface area contributed by atoms with Crippen LogP contribution in [0, 0.1) is 5.82 Å². The van der Waals surface area contributed by atoms with Crippen molar-refractivity contribution in [1.29, 1.82) is 0 Å². The number of halogens is 1. The highest BCUT2D eigenvalue weighted by Crippen LogP contribution is 2.27.